The lowest BCUT2D eigenvalue weighted by Gasteiger charge is -2.35. The molecule has 2 aliphatic rings. The van der Waals surface area contributed by atoms with Crippen LogP contribution in [0, 0.1) is 11.3 Å². The summed E-state index contributed by atoms with van der Waals surface area (Å²) in [5.74, 6) is 0. The quantitative estimate of drug-likeness (QED) is 0.798. The van der Waals surface area contributed by atoms with E-state index >= 15 is 0 Å². The summed E-state index contributed by atoms with van der Waals surface area (Å²) in [6.07, 6.45) is 6.20. The van der Waals surface area contributed by atoms with Gasteiger partial charge >= 0.3 is 0 Å². The zero-order valence-electron chi connectivity index (χ0n) is 10.8. The van der Waals surface area contributed by atoms with Crippen LogP contribution in [0.4, 0.5) is 0 Å². The maximum absolute atomic E-state index is 9.50. The summed E-state index contributed by atoms with van der Waals surface area (Å²) in [6.45, 7) is 4.00. The van der Waals surface area contributed by atoms with Gasteiger partial charge in [-0.1, -0.05) is 0 Å². The summed E-state index contributed by atoms with van der Waals surface area (Å²) < 4.78 is 2.20. The number of likely N-dealkylation sites (N-methyl/N-ethyl adjacent to an activating group) is 1. The Morgan fingerprint density at radius 1 is 1.33 bits per heavy atom. The average molecular weight is 245 g/mol. The molecule has 0 bridgehead atoms. The van der Waals surface area contributed by atoms with Crippen LogP contribution in [0.2, 0.25) is 0 Å². The fourth-order valence-electron chi connectivity index (χ4n) is 2.60. The van der Waals surface area contributed by atoms with Crippen molar-refractivity contribution >= 4 is 0 Å². The molecule has 18 heavy (non-hydrogen) atoms. The van der Waals surface area contributed by atoms with Gasteiger partial charge in [0.2, 0.25) is 0 Å². The Labute approximate surface area is 108 Å². The first-order valence-corrected chi connectivity index (χ1v) is 6.63. The smallest absolute Gasteiger partial charge is 0.140 e. The summed E-state index contributed by atoms with van der Waals surface area (Å²) in [7, 11) is 2.13. The number of rotatable bonds is 3. The Morgan fingerprint density at radius 2 is 2.06 bits per heavy atom. The van der Waals surface area contributed by atoms with Crippen molar-refractivity contribution < 1.29 is 0 Å². The average Bonchev–Trinajstić information content (AvgIpc) is 3.12. The molecule has 5 nitrogen and oxygen atoms in total. The van der Waals surface area contributed by atoms with Crippen LogP contribution in [-0.4, -0.2) is 52.6 Å². The molecule has 0 aromatic carbocycles. The Balaban J connectivity index is 1.79. The summed E-state index contributed by atoms with van der Waals surface area (Å²) in [6, 6.07) is 2.91. The van der Waals surface area contributed by atoms with Crippen molar-refractivity contribution in [1.29, 1.82) is 5.26 Å². The van der Waals surface area contributed by atoms with Crippen LogP contribution >= 0.6 is 0 Å². The molecule has 0 radical (unpaired) electrons. The van der Waals surface area contributed by atoms with E-state index in [1.165, 1.54) is 12.8 Å². The Hall–Kier alpha value is -1.38. The lowest BCUT2D eigenvalue weighted by Crippen LogP contribution is -2.46. The van der Waals surface area contributed by atoms with Gasteiger partial charge in [-0.3, -0.25) is 4.90 Å². The highest BCUT2D eigenvalue weighted by atomic mass is 15.3. The van der Waals surface area contributed by atoms with Crippen molar-refractivity contribution in [1.82, 2.24) is 19.4 Å². The van der Waals surface area contributed by atoms with Crippen LogP contribution in [0.1, 0.15) is 30.6 Å². The third kappa shape index (κ3) is 2.14. The van der Waals surface area contributed by atoms with Gasteiger partial charge < -0.3 is 9.47 Å². The summed E-state index contributed by atoms with van der Waals surface area (Å²) in [5.41, 5.74) is 1.07. The van der Waals surface area contributed by atoms with Crippen molar-refractivity contribution in [3.63, 3.8) is 0 Å². The third-order valence-electron chi connectivity index (χ3n) is 3.94. The van der Waals surface area contributed by atoms with Gasteiger partial charge in [-0.25, -0.2) is 4.98 Å². The van der Waals surface area contributed by atoms with E-state index in [0.29, 0.717) is 6.04 Å². The molecule has 1 aliphatic heterocycles. The normalized spacial score (nSPS) is 23.8. The lowest BCUT2D eigenvalue weighted by atomic mass is 10.1. The molecule has 2 heterocycles. The van der Waals surface area contributed by atoms with Crippen molar-refractivity contribution in [3.8, 4) is 6.07 Å². The van der Waals surface area contributed by atoms with Gasteiger partial charge in [0.15, 0.2) is 0 Å². The summed E-state index contributed by atoms with van der Waals surface area (Å²) in [4.78, 5) is 8.82. The van der Waals surface area contributed by atoms with Crippen molar-refractivity contribution in [2.75, 3.05) is 33.2 Å². The first kappa shape index (κ1) is 11.7. The number of imidazole rings is 1. The number of nitrogens with zero attached hydrogens (tertiary/aromatic N) is 5. The molecule has 1 aromatic rings. The molecule has 1 unspecified atom stereocenters. The second-order valence-corrected chi connectivity index (χ2v) is 5.33. The molecule has 1 saturated carbocycles. The topological polar surface area (TPSA) is 48.1 Å². The molecule has 1 aromatic heterocycles. The zero-order chi connectivity index (χ0) is 12.5. The fraction of sp³-hybridized carbons (Fsp3) is 0.692. The van der Waals surface area contributed by atoms with E-state index < -0.39 is 0 Å². The van der Waals surface area contributed by atoms with Gasteiger partial charge in [-0.2, -0.15) is 5.26 Å². The van der Waals surface area contributed by atoms with E-state index in [1.807, 2.05) is 12.5 Å². The van der Waals surface area contributed by atoms with Crippen LogP contribution in [0.15, 0.2) is 12.5 Å². The molecule has 0 amide bonds. The van der Waals surface area contributed by atoms with Crippen molar-refractivity contribution in [3.05, 3.63) is 18.2 Å². The van der Waals surface area contributed by atoms with E-state index in [2.05, 4.69) is 32.5 Å². The number of hydrogen-bond acceptors (Lipinski definition) is 4. The minimum atomic E-state index is -0.137. The zero-order valence-corrected chi connectivity index (χ0v) is 10.8. The van der Waals surface area contributed by atoms with Crippen LogP contribution in [-0.2, 0) is 0 Å². The number of hydrogen-bond donors (Lipinski definition) is 0. The van der Waals surface area contributed by atoms with Gasteiger partial charge in [-0.15, -0.1) is 0 Å². The molecule has 3 rings (SSSR count). The van der Waals surface area contributed by atoms with Crippen LogP contribution in [0.3, 0.4) is 0 Å². The van der Waals surface area contributed by atoms with Gasteiger partial charge in [0.05, 0.1) is 24.3 Å². The predicted octanol–water partition coefficient (Wildman–Crippen LogP) is 1.03. The highest BCUT2D eigenvalue weighted by molar-refractivity contribution is 5.16. The Morgan fingerprint density at radius 3 is 2.67 bits per heavy atom. The van der Waals surface area contributed by atoms with Crippen molar-refractivity contribution in [2.45, 2.75) is 24.9 Å². The van der Waals surface area contributed by atoms with Crippen LogP contribution in [0.25, 0.3) is 0 Å². The minimum Gasteiger partial charge on any atom is -0.329 e. The molecule has 1 saturated heterocycles. The second kappa shape index (κ2) is 4.71. The second-order valence-electron chi connectivity index (χ2n) is 5.33. The van der Waals surface area contributed by atoms with Crippen LogP contribution in [0.5, 0.6) is 0 Å². The van der Waals surface area contributed by atoms with Gasteiger partial charge in [-0.05, 0) is 19.9 Å². The maximum Gasteiger partial charge on any atom is 0.140 e. The van der Waals surface area contributed by atoms with Gasteiger partial charge in [0.1, 0.15) is 6.04 Å². The minimum absolute atomic E-state index is 0.137. The van der Waals surface area contributed by atoms with Gasteiger partial charge in [0.25, 0.3) is 0 Å². The Bertz CT molecular complexity index is 448. The molecule has 1 aliphatic carbocycles. The monoisotopic (exact) mass is 245 g/mol. The van der Waals surface area contributed by atoms with Gasteiger partial charge in [0, 0.05) is 32.2 Å². The van der Waals surface area contributed by atoms with E-state index in [1.54, 1.807) is 0 Å². The highest BCUT2D eigenvalue weighted by Gasteiger charge is 2.31. The molecule has 96 valence electrons. The van der Waals surface area contributed by atoms with E-state index in [-0.39, 0.29) is 6.04 Å². The highest BCUT2D eigenvalue weighted by Crippen LogP contribution is 2.37. The first-order chi connectivity index (χ1) is 8.79. The largest absolute Gasteiger partial charge is 0.329 e. The van der Waals surface area contributed by atoms with Crippen LogP contribution < -0.4 is 0 Å². The Kier molecular flexibility index (Phi) is 3.06. The van der Waals surface area contributed by atoms with Crippen molar-refractivity contribution in [2.24, 2.45) is 0 Å². The lowest BCUT2D eigenvalue weighted by molar-refractivity contribution is 0.129. The summed E-state index contributed by atoms with van der Waals surface area (Å²) in [5, 5.41) is 9.50. The third-order valence-corrected chi connectivity index (χ3v) is 3.94. The first-order valence-electron chi connectivity index (χ1n) is 6.63. The molecule has 1 atom stereocenters. The maximum atomic E-state index is 9.50. The van der Waals surface area contributed by atoms with E-state index in [9.17, 15) is 5.26 Å². The SMILES string of the molecule is CN1CCN(C(C#N)c2cncn2C2CC2)CC1. The number of nitriles is 1. The van der Waals surface area contributed by atoms with E-state index in [0.717, 1.165) is 31.9 Å². The van der Waals surface area contributed by atoms with E-state index in [4.69, 9.17) is 0 Å². The molecule has 0 N–H and O–H groups in total. The molecular formula is C13H19N5. The molecule has 0 spiro atoms. The molecular weight excluding hydrogens is 226 g/mol. The predicted molar refractivity (Wildman–Crippen MR) is 67.9 cm³/mol. The number of piperazine rings is 1. The molecule has 5 heteroatoms. The fourth-order valence-corrected chi connectivity index (χ4v) is 2.60. The number of aromatic nitrogens is 2. The standard InChI is InChI=1S/C13H19N5/c1-16-4-6-17(7-5-16)12(8-14)13-9-15-10-18(13)11-2-3-11/h9-12H,2-7H2,1H3. The molecule has 2 fully saturated rings. The summed E-state index contributed by atoms with van der Waals surface area (Å²) >= 11 is 0.